The van der Waals surface area contributed by atoms with Crippen molar-refractivity contribution in [2.24, 2.45) is 0 Å². The van der Waals surface area contributed by atoms with Gasteiger partial charge in [-0.2, -0.15) is 4.98 Å². The van der Waals surface area contributed by atoms with Crippen LogP contribution in [0, 0.1) is 13.8 Å². The Morgan fingerprint density at radius 3 is 2.45 bits per heavy atom. The summed E-state index contributed by atoms with van der Waals surface area (Å²) in [7, 11) is 0. The molecule has 1 saturated carbocycles. The van der Waals surface area contributed by atoms with Crippen LogP contribution in [0.15, 0.2) is 24.3 Å². The maximum Gasteiger partial charge on any atom is 0.224 e. The van der Waals surface area contributed by atoms with Gasteiger partial charge >= 0.3 is 0 Å². The van der Waals surface area contributed by atoms with Gasteiger partial charge in [0.15, 0.2) is 0 Å². The van der Waals surface area contributed by atoms with Crippen LogP contribution in [-0.2, 0) is 0 Å². The largest absolute Gasteiger partial charge is 0.395 e. The van der Waals surface area contributed by atoms with Crippen molar-refractivity contribution in [2.75, 3.05) is 23.8 Å². The van der Waals surface area contributed by atoms with E-state index in [0.29, 0.717) is 18.4 Å². The third kappa shape index (κ3) is 3.74. The Morgan fingerprint density at radius 1 is 1.09 bits per heavy atom. The molecule has 3 N–H and O–H groups in total. The van der Waals surface area contributed by atoms with Gasteiger partial charge in [-0.25, -0.2) is 4.98 Å². The summed E-state index contributed by atoms with van der Waals surface area (Å²) in [5, 5.41) is 15.4. The Morgan fingerprint density at radius 2 is 1.82 bits per heavy atom. The summed E-state index contributed by atoms with van der Waals surface area (Å²) in [6, 6.07) is 8.38. The minimum Gasteiger partial charge on any atom is -0.395 e. The first-order valence-electron chi connectivity index (χ1n) is 7.73. The summed E-state index contributed by atoms with van der Waals surface area (Å²) in [5.74, 6) is 1.92. The third-order valence-corrected chi connectivity index (χ3v) is 3.63. The molecular weight excluding hydrogens is 276 g/mol. The van der Waals surface area contributed by atoms with E-state index in [1.165, 1.54) is 24.0 Å². The van der Waals surface area contributed by atoms with Crippen LogP contribution >= 0.6 is 0 Å². The van der Waals surface area contributed by atoms with Crippen molar-refractivity contribution in [3.05, 3.63) is 41.1 Å². The van der Waals surface area contributed by atoms with Crippen molar-refractivity contribution in [1.29, 1.82) is 0 Å². The lowest BCUT2D eigenvalue weighted by atomic mass is 10.1. The average molecular weight is 298 g/mol. The minimum absolute atomic E-state index is 0.0663. The van der Waals surface area contributed by atoms with Crippen molar-refractivity contribution in [3.63, 3.8) is 0 Å². The lowest BCUT2D eigenvalue weighted by molar-refractivity contribution is 0.311. The number of aromatic nitrogens is 2. The zero-order chi connectivity index (χ0) is 15.5. The number of nitrogens with one attached hydrogen (secondary N) is 2. The molecule has 5 heteroatoms. The Kier molecular flexibility index (Phi) is 4.24. The highest BCUT2D eigenvalue weighted by molar-refractivity contribution is 5.60. The topological polar surface area (TPSA) is 70.1 Å². The smallest absolute Gasteiger partial charge is 0.224 e. The highest BCUT2D eigenvalue weighted by Crippen LogP contribution is 2.40. The highest BCUT2D eigenvalue weighted by atomic mass is 16.3. The molecule has 1 aliphatic rings. The number of anilines is 3. The number of aliphatic hydroxyl groups excluding tert-OH is 1. The molecule has 116 valence electrons. The number of aryl methyl sites for hydroxylation is 2. The van der Waals surface area contributed by atoms with Gasteiger partial charge in [0.05, 0.1) is 12.3 Å². The van der Waals surface area contributed by atoms with Crippen LogP contribution in [0.3, 0.4) is 0 Å². The molecule has 0 saturated heterocycles. The zero-order valence-electron chi connectivity index (χ0n) is 13.1. The van der Waals surface area contributed by atoms with Gasteiger partial charge in [0.1, 0.15) is 5.82 Å². The fourth-order valence-electron chi connectivity index (χ4n) is 2.56. The average Bonchev–Trinajstić information content (AvgIpc) is 3.28. The molecule has 1 aromatic carbocycles. The third-order valence-electron chi connectivity index (χ3n) is 3.63. The van der Waals surface area contributed by atoms with E-state index in [1.807, 2.05) is 6.07 Å². The second-order valence-electron chi connectivity index (χ2n) is 5.93. The van der Waals surface area contributed by atoms with Crippen LogP contribution < -0.4 is 10.6 Å². The number of aliphatic hydroxyl groups is 1. The summed E-state index contributed by atoms with van der Waals surface area (Å²) in [4.78, 5) is 9.03. The Labute approximate surface area is 130 Å². The molecule has 0 spiro atoms. The number of hydrogen-bond acceptors (Lipinski definition) is 5. The fourth-order valence-corrected chi connectivity index (χ4v) is 2.56. The van der Waals surface area contributed by atoms with Gasteiger partial charge in [0.2, 0.25) is 5.95 Å². The second kappa shape index (κ2) is 6.32. The summed E-state index contributed by atoms with van der Waals surface area (Å²) in [6.07, 6.45) is 2.39. The number of nitrogens with zero attached hydrogens (tertiary/aromatic N) is 2. The molecule has 22 heavy (non-hydrogen) atoms. The van der Waals surface area contributed by atoms with Crippen molar-refractivity contribution < 1.29 is 5.11 Å². The normalized spacial score (nSPS) is 14.0. The van der Waals surface area contributed by atoms with Gasteiger partial charge in [0, 0.05) is 24.2 Å². The first-order chi connectivity index (χ1) is 10.6. The number of benzene rings is 1. The predicted molar refractivity (Wildman–Crippen MR) is 88.8 cm³/mol. The Hall–Kier alpha value is -2.14. The summed E-state index contributed by atoms with van der Waals surface area (Å²) in [6.45, 7) is 4.69. The predicted octanol–water partition coefficient (Wildman–Crippen LogP) is 3.12. The van der Waals surface area contributed by atoms with Crippen molar-refractivity contribution in [2.45, 2.75) is 32.6 Å². The molecule has 0 aliphatic heterocycles. The van der Waals surface area contributed by atoms with Crippen molar-refractivity contribution in [3.8, 4) is 0 Å². The zero-order valence-corrected chi connectivity index (χ0v) is 13.1. The van der Waals surface area contributed by atoms with Crippen LogP contribution in [0.4, 0.5) is 17.5 Å². The van der Waals surface area contributed by atoms with Crippen LogP contribution in [0.2, 0.25) is 0 Å². The first kappa shape index (κ1) is 14.8. The van der Waals surface area contributed by atoms with Gasteiger partial charge < -0.3 is 15.7 Å². The van der Waals surface area contributed by atoms with E-state index in [0.717, 1.165) is 17.2 Å². The summed E-state index contributed by atoms with van der Waals surface area (Å²) < 4.78 is 0. The van der Waals surface area contributed by atoms with Crippen LogP contribution in [0.5, 0.6) is 0 Å². The fraction of sp³-hybridized carbons (Fsp3) is 0.412. The first-order valence-corrected chi connectivity index (χ1v) is 7.73. The molecule has 0 atom stereocenters. The van der Waals surface area contributed by atoms with Gasteiger partial charge in [-0.15, -0.1) is 0 Å². The lowest BCUT2D eigenvalue weighted by Crippen LogP contribution is -2.10. The molecule has 0 radical (unpaired) electrons. The summed E-state index contributed by atoms with van der Waals surface area (Å²) >= 11 is 0. The monoisotopic (exact) mass is 298 g/mol. The van der Waals surface area contributed by atoms with E-state index in [2.05, 4.69) is 52.6 Å². The second-order valence-corrected chi connectivity index (χ2v) is 5.93. The lowest BCUT2D eigenvalue weighted by Gasteiger charge is -2.11. The minimum atomic E-state index is 0.0663. The van der Waals surface area contributed by atoms with Crippen molar-refractivity contribution >= 4 is 17.5 Å². The molecule has 1 aromatic heterocycles. The quantitative estimate of drug-likeness (QED) is 0.764. The maximum atomic E-state index is 8.95. The van der Waals surface area contributed by atoms with E-state index in [1.54, 1.807) is 0 Å². The SMILES string of the molecule is Cc1cc(C)cc(Nc2cc(C3CC3)nc(NCCO)n2)c1. The van der Waals surface area contributed by atoms with E-state index < -0.39 is 0 Å². The van der Waals surface area contributed by atoms with Crippen LogP contribution in [0.1, 0.15) is 35.6 Å². The standard InChI is InChI=1S/C17H22N4O/c1-11-7-12(2)9-14(8-11)19-16-10-15(13-3-4-13)20-17(21-16)18-5-6-22/h7-10,13,22H,3-6H2,1-2H3,(H2,18,19,20,21). The van der Waals surface area contributed by atoms with Crippen molar-refractivity contribution in [1.82, 2.24) is 9.97 Å². The number of hydrogen-bond donors (Lipinski definition) is 3. The van der Waals surface area contributed by atoms with Gasteiger partial charge in [0.25, 0.3) is 0 Å². The highest BCUT2D eigenvalue weighted by Gasteiger charge is 2.26. The van der Waals surface area contributed by atoms with E-state index in [9.17, 15) is 0 Å². The molecule has 0 unspecified atom stereocenters. The molecule has 1 heterocycles. The van der Waals surface area contributed by atoms with Gasteiger partial charge in [-0.1, -0.05) is 6.07 Å². The molecule has 2 aromatic rings. The number of rotatable bonds is 6. The molecule has 0 bridgehead atoms. The molecule has 3 rings (SSSR count). The molecular formula is C17H22N4O. The van der Waals surface area contributed by atoms with Gasteiger partial charge in [-0.05, 0) is 49.9 Å². The maximum absolute atomic E-state index is 8.95. The Bertz CT molecular complexity index is 647. The van der Waals surface area contributed by atoms with E-state index in [-0.39, 0.29) is 6.61 Å². The Balaban J connectivity index is 1.86. The molecule has 5 nitrogen and oxygen atoms in total. The summed E-state index contributed by atoms with van der Waals surface area (Å²) in [5.41, 5.74) is 4.54. The van der Waals surface area contributed by atoms with Gasteiger partial charge in [-0.3, -0.25) is 0 Å². The van der Waals surface area contributed by atoms with E-state index in [4.69, 9.17) is 5.11 Å². The molecule has 0 amide bonds. The van der Waals surface area contributed by atoms with Crippen LogP contribution in [0.25, 0.3) is 0 Å². The van der Waals surface area contributed by atoms with E-state index >= 15 is 0 Å². The molecule has 1 fully saturated rings. The van der Waals surface area contributed by atoms with Crippen LogP contribution in [-0.4, -0.2) is 28.2 Å². The molecule has 1 aliphatic carbocycles.